The van der Waals surface area contributed by atoms with Gasteiger partial charge in [0.2, 0.25) is 15.9 Å². The normalized spacial score (nSPS) is 19.9. The first-order chi connectivity index (χ1) is 11.6. The maximum atomic E-state index is 13.1. The topological polar surface area (TPSA) is 57.7 Å². The number of amides is 1. The molecule has 2 fully saturated rings. The van der Waals surface area contributed by atoms with Gasteiger partial charge in [0.25, 0.3) is 0 Å². The van der Waals surface area contributed by atoms with Crippen LogP contribution in [0.2, 0.25) is 0 Å². The van der Waals surface area contributed by atoms with E-state index in [-0.39, 0.29) is 17.2 Å². The van der Waals surface area contributed by atoms with E-state index >= 15 is 0 Å². The molecule has 5 nitrogen and oxygen atoms in total. The highest BCUT2D eigenvalue weighted by molar-refractivity contribution is 7.89. The van der Waals surface area contributed by atoms with E-state index in [1.165, 1.54) is 4.31 Å². The molecular weight excluding hydrogens is 336 g/mol. The van der Waals surface area contributed by atoms with Gasteiger partial charge in [-0.05, 0) is 42.4 Å². The number of hydrogen-bond acceptors (Lipinski definition) is 3. The molecule has 3 rings (SSSR count). The van der Waals surface area contributed by atoms with Crippen molar-refractivity contribution in [3.8, 4) is 0 Å². The first kappa shape index (κ1) is 18.4. The predicted molar refractivity (Wildman–Crippen MR) is 97.9 cm³/mol. The molecule has 1 amide bonds. The van der Waals surface area contributed by atoms with E-state index < -0.39 is 10.0 Å². The van der Waals surface area contributed by atoms with Crippen molar-refractivity contribution >= 4 is 15.9 Å². The van der Waals surface area contributed by atoms with Gasteiger partial charge in [0.1, 0.15) is 0 Å². The van der Waals surface area contributed by atoms with Crippen LogP contribution in [0.1, 0.15) is 44.7 Å². The minimum Gasteiger partial charge on any atom is -0.340 e. The zero-order valence-corrected chi connectivity index (χ0v) is 16.4. The lowest BCUT2D eigenvalue weighted by atomic mass is 9.87. The maximum Gasteiger partial charge on any atom is 0.243 e. The van der Waals surface area contributed by atoms with E-state index in [1.54, 1.807) is 0 Å². The van der Waals surface area contributed by atoms with E-state index in [4.69, 9.17) is 0 Å². The van der Waals surface area contributed by atoms with Crippen LogP contribution in [0.5, 0.6) is 0 Å². The summed E-state index contributed by atoms with van der Waals surface area (Å²) in [6, 6.07) is 5.70. The number of piperazine rings is 1. The number of benzene rings is 1. The Morgan fingerprint density at radius 1 is 1.08 bits per heavy atom. The Bertz CT molecular complexity index is 768. The summed E-state index contributed by atoms with van der Waals surface area (Å²) >= 11 is 0. The molecule has 1 heterocycles. The van der Waals surface area contributed by atoms with Gasteiger partial charge in [0.05, 0.1) is 4.90 Å². The number of sulfonamides is 1. The van der Waals surface area contributed by atoms with Crippen molar-refractivity contribution in [2.45, 2.75) is 50.8 Å². The predicted octanol–water partition coefficient (Wildman–Crippen LogP) is 2.54. The van der Waals surface area contributed by atoms with Gasteiger partial charge in [-0.25, -0.2) is 8.42 Å². The second kappa shape index (κ2) is 6.40. The lowest BCUT2D eigenvalue weighted by Crippen LogP contribution is -2.51. The van der Waals surface area contributed by atoms with E-state index in [1.807, 2.05) is 30.0 Å². The summed E-state index contributed by atoms with van der Waals surface area (Å²) < 4.78 is 27.8. The van der Waals surface area contributed by atoms with Crippen LogP contribution in [0.4, 0.5) is 0 Å². The fourth-order valence-corrected chi connectivity index (χ4v) is 4.89. The van der Waals surface area contributed by atoms with Gasteiger partial charge >= 0.3 is 0 Å². The smallest absolute Gasteiger partial charge is 0.243 e. The zero-order chi connectivity index (χ0) is 18.4. The lowest BCUT2D eigenvalue weighted by molar-refractivity contribution is -0.133. The van der Waals surface area contributed by atoms with Gasteiger partial charge in [-0.15, -0.1) is 0 Å². The third kappa shape index (κ3) is 3.75. The number of nitrogens with zero attached hydrogens (tertiary/aromatic N) is 2. The molecule has 1 saturated carbocycles. The Balaban J connectivity index is 1.79. The lowest BCUT2D eigenvalue weighted by Gasteiger charge is -2.34. The SMILES string of the molecule is Cc1ccc(C(C)(C)C)cc1S(=O)(=O)N1CCN(C(=O)C2CC2)CC1. The number of hydrogen-bond donors (Lipinski definition) is 0. The highest BCUT2D eigenvalue weighted by Crippen LogP contribution is 2.32. The molecule has 2 aliphatic rings. The highest BCUT2D eigenvalue weighted by Gasteiger charge is 2.37. The summed E-state index contributed by atoms with van der Waals surface area (Å²) in [5.41, 5.74) is 1.68. The molecule has 0 atom stereocenters. The van der Waals surface area contributed by atoms with Gasteiger partial charge < -0.3 is 4.90 Å². The van der Waals surface area contributed by atoms with Crippen molar-refractivity contribution in [3.05, 3.63) is 29.3 Å². The van der Waals surface area contributed by atoms with E-state index in [9.17, 15) is 13.2 Å². The molecule has 1 saturated heterocycles. The van der Waals surface area contributed by atoms with Crippen LogP contribution in [0, 0.1) is 12.8 Å². The molecule has 0 N–H and O–H groups in total. The molecule has 0 unspecified atom stereocenters. The molecule has 1 aliphatic carbocycles. The first-order valence-corrected chi connectivity index (χ1v) is 10.4. The molecule has 1 aromatic rings. The third-order valence-corrected chi connectivity index (χ3v) is 7.19. The van der Waals surface area contributed by atoms with E-state index in [0.29, 0.717) is 31.1 Å². The quantitative estimate of drug-likeness (QED) is 0.828. The average molecular weight is 365 g/mol. The minimum atomic E-state index is -3.53. The molecule has 0 bridgehead atoms. The van der Waals surface area contributed by atoms with Crippen molar-refractivity contribution in [3.63, 3.8) is 0 Å². The van der Waals surface area contributed by atoms with Crippen LogP contribution >= 0.6 is 0 Å². The van der Waals surface area contributed by atoms with Crippen molar-refractivity contribution in [1.82, 2.24) is 9.21 Å². The van der Waals surface area contributed by atoms with Crippen LogP contribution in [-0.4, -0.2) is 49.7 Å². The first-order valence-electron chi connectivity index (χ1n) is 9.01. The fourth-order valence-electron chi connectivity index (χ4n) is 3.22. The average Bonchev–Trinajstić information content (AvgIpc) is 3.38. The van der Waals surface area contributed by atoms with E-state index in [2.05, 4.69) is 20.8 Å². The fraction of sp³-hybridized carbons (Fsp3) is 0.632. The summed E-state index contributed by atoms with van der Waals surface area (Å²) in [5.74, 6) is 0.386. The van der Waals surface area contributed by atoms with Gasteiger partial charge in [-0.2, -0.15) is 4.31 Å². The Morgan fingerprint density at radius 3 is 2.20 bits per heavy atom. The minimum absolute atomic E-state index is 0.104. The summed E-state index contributed by atoms with van der Waals surface area (Å²) in [7, 11) is -3.53. The number of rotatable bonds is 3. The molecule has 138 valence electrons. The molecule has 1 aliphatic heterocycles. The van der Waals surface area contributed by atoms with Gasteiger partial charge in [-0.1, -0.05) is 32.9 Å². The largest absolute Gasteiger partial charge is 0.340 e. The summed E-state index contributed by atoms with van der Waals surface area (Å²) in [4.78, 5) is 14.4. The van der Waals surface area contributed by atoms with Crippen molar-refractivity contribution in [2.24, 2.45) is 5.92 Å². The van der Waals surface area contributed by atoms with Crippen LogP contribution in [0.25, 0.3) is 0 Å². The molecule has 1 aromatic carbocycles. The molecule has 0 radical (unpaired) electrons. The molecule has 6 heteroatoms. The van der Waals surface area contributed by atoms with Crippen LogP contribution in [-0.2, 0) is 20.2 Å². The van der Waals surface area contributed by atoms with Gasteiger partial charge in [-0.3, -0.25) is 4.79 Å². The Hall–Kier alpha value is -1.40. The van der Waals surface area contributed by atoms with Gasteiger partial charge in [0, 0.05) is 32.1 Å². The molecule has 0 aromatic heterocycles. The van der Waals surface area contributed by atoms with E-state index in [0.717, 1.165) is 24.0 Å². The van der Waals surface area contributed by atoms with Gasteiger partial charge in [0.15, 0.2) is 0 Å². The molecule has 0 spiro atoms. The Morgan fingerprint density at radius 2 is 1.68 bits per heavy atom. The zero-order valence-electron chi connectivity index (χ0n) is 15.6. The third-order valence-electron chi connectivity index (χ3n) is 5.15. The standard InChI is InChI=1S/C19H28N2O3S/c1-14-5-8-16(19(2,3)4)13-17(14)25(23,24)21-11-9-20(10-12-21)18(22)15-6-7-15/h5,8,13,15H,6-7,9-12H2,1-4H3. The number of carbonyl (C=O) groups excluding carboxylic acids is 1. The van der Waals surface area contributed by atoms with Crippen molar-refractivity contribution < 1.29 is 13.2 Å². The van der Waals surface area contributed by atoms with Crippen LogP contribution < -0.4 is 0 Å². The highest BCUT2D eigenvalue weighted by atomic mass is 32.2. The monoisotopic (exact) mass is 364 g/mol. The second-order valence-electron chi connectivity index (χ2n) is 8.23. The number of aryl methyl sites for hydroxylation is 1. The summed E-state index contributed by atoms with van der Waals surface area (Å²) in [5, 5.41) is 0. The molecule has 25 heavy (non-hydrogen) atoms. The summed E-state index contributed by atoms with van der Waals surface area (Å²) in [6.45, 7) is 9.81. The number of carbonyl (C=O) groups is 1. The summed E-state index contributed by atoms with van der Waals surface area (Å²) in [6.07, 6.45) is 1.96. The van der Waals surface area contributed by atoms with Crippen LogP contribution in [0.15, 0.2) is 23.1 Å². The Labute approximate surface area is 151 Å². The Kier molecular flexibility index (Phi) is 4.71. The molecular formula is C19H28N2O3S. The second-order valence-corrected chi connectivity index (χ2v) is 10.1. The van der Waals surface area contributed by atoms with Crippen molar-refractivity contribution in [2.75, 3.05) is 26.2 Å². The van der Waals surface area contributed by atoms with Crippen LogP contribution in [0.3, 0.4) is 0 Å². The van der Waals surface area contributed by atoms with Crippen molar-refractivity contribution in [1.29, 1.82) is 0 Å². The maximum absolute atomic E-state index is 13.1.